The second-order valence-corrected chi connectivity index (χ2v) is 9.47. The number of hydrazine groups is 1. The monoisotopic (exact) mass is 376 g/mol. The summed E-state index contributed by atoms with van der Waals surface area (Å²) in [5, 5.41) is 2.45. The number of nitrogens with zero attached hydrogens (tertiary/aromatic N) is 1. The fraction of sp³-hybridized carbons (Fsp3) is 0.538. The average Bonchev–Trinajstić information content (AvgIpc) is 2.71. The highest BCUT2D eigenvalue weighted by Crippen LogP contribution is 2.39. The lowest BCUT2D eigenvalue weighted by Gasteiger charge is -2.39. The van der Waals surface area contributed by atoms with E-state index in [1.807, 2.05) is 0 Å². The molecule has 2 nitrogen and oxygen atoms in total. The third-order valence-corrected chi connectivity index (χ3v) is 7.13. The van der Waals surface area contributed by atoms with Gasteiger partial charge < -0.3 is 0 Å². The number of nitrogens with one attached hydrogen (secondary N) is 1. The van der Waals surface area contributed by atoms with E-state index in [2.05, 4.69) is 79.7 Å². The zero-order valence-corrected chi connectivity index (χ0v) is 17.9. The van der Waals surface area contributed by atoms with Gasteiger partial charge in [0, 0.05) is 18.6 Å². The maximum Gasteiger partial charge on any atom is 0.0465 e. The molecule has 0 amide bonds. The first-order chi connectivity index (χ1) is 13.5. The molecule has 0 radical (unpaired) electrons. The van der Waals surface area contributed by atoms with Crippen molar-refractivity contribution < 1.29 is 0 Å². The SMILES string of the molecule is Cc1cccc(C2CC[C@H](C)N(Cc3ccc(C4(C)CCCCC4)cc3)N2)c1. The minimum Gasteiger partial charge on any atom is -0.247 e. The smallest absolute Gasteiger partial charge is 0.0465 e. The van der Waals surface area contributed by atoms with Gasteiger partial charge in [0.1, 0.15) is 0 Å². The number of rotatable bonds is 4. The molecule has 2 heteroatoms. The molecular weight excluding hydrogens is 340 g/mol. The van der Waals surface area contributed by atoms with Crippen LogP contribution in [-0.4, -0.2) is 11.1 Å². The number of hydrogen-bond acceptors (Lipinski definition) is 2. The summed E-state index contributed by atoms with van der Waals surface area (Å²) >= 11 is 0. The first kappa shape index (κ1) is 19.7. The summed E-state index contributed by atoms with van der Waals surface area (Å²) in [6, 6.07) is 19.5. The van der Waals surface area contributed by atoms with Gasteiger partial charge in [0.25, 0.3) is 0 Å². The minimum atomic E-state index is 0.393. The van der Waals surface area contributed by atoms with Crippen molar-refractivity contribution in [2.75, 3.05) is 0 Å². The van der Waals surface area contributed by atoms with Gasteiger partial charge in [-0.3, -0.25) is 0 Å². The van der Waals surface area contributed by atoms with Gasteiger partial charge in [0.15, 0.2) is 0 Å². The average molecular weight is 377 g/mol. The van der Waals surface area contributed by atoms with Gasteiger partial charge in [-0.05, 0) is 61.6 Å². The first-order valence-electron chi connectivity index (χ1n) is 11.2. The second kappa shape index (κ2) is 8.39. The molecule has 1 aliphatic carbocycles. The summed E-state index contributed by atoms with van der Waals surface area (Å²) in [5.74, 6) is 0. The van der Waals surface area contributed by atoms with Crippen molar-refractivity contribution in [1.82, 2.24) is 10.4 Å². The van der Waals surface area contributed by atoms with Gasteiger partial charge >= 0.3 is 0 Å². The molecule has 0 spiro atoms. The Morgan fingerprint density at radius 1 is 1.00 bits per heavy atom. The van der Waals surface area contributed by atoms with Crippen LogP contribution >= 0.6 is 0 Å². The first-order valence-corrected chi connectivity index (χ1v) is 11.2. The topological polar surface area (TPSA) is 15.3 Å². The van der Waals surface area contributed by atoms with Gasteiger partial charge in [-0.2, -0.15) is 0 Å². The highest BCUT2D eigenvalue weighted by atomic mass is 15.5. The molecule has 1 unspecified atom stereocenters. The van der Waals surface area contributed by atoms with E-state index in [0.717, 1.165) is 6.54 Å². The highest BCUT2D eigenvalue weighted by Gasteiger charge is 2.29. The molecule has 1 aliphatic heterocycles. The molecule has 2 aliphatic rings. The van der Waals surface area contributed by atoms with E-state index in [0.29, 0.717) is 17.5 Å². The summed E-state index contributed by atoms with van der Waals surface area (Å²) in [5.41, 5.74) is 9.91. The molecule has 0 aromatic heterocycles. The Morgan fingerprint density at radius 3 is 2.46 bits per heavy atom. The van der Waals surface area contributed by atoms with Gasteiger partial charge in [-0.15, -0.1) is 0 Å². The van der Waals surface area contributed by atoms with Crippen molar-refractivity contribution in [2.24, 2.45) is 0 Å². The van der Waals surface area contributed by atoms with Crippen LogP contribution in [0.15, 0.2) is 48.5 Å². The van der Waals surface area contributed by atoms with Gasteiger partial charge in [0.05, 0.1) is 0 Å². The molecular formula is C26H36N2. The Labute approximate surface area is 171 Å². The molecule has 1 saturated carbocycles. The van der Waals surface area contributed by atoms with Crippen LogP contribution in [0.1, 0.15) is 87.1 Å². The van der Waals surface area contributed by atoms with E-state index < -0.39 is 0 Å². The Hall–Kier alpha value is -1.64. The van der Waals surface area contributed by atoms with Gasteiger partial charge in [-0.25, -0.2) is 10.4 Å². The molecule has 1 heterocycles. The van der Waals surface area contributed by atoms with E-state index in [4.69, 9.17) is 0 Å². The van der Waals surface area contributed by atoms with E-state index >= 15 is 0 Å². The Morgan fingerprint density at radius 2 is 1.75 bits per heavy atom. The molecule has 1 saturated heterocycles. The van der Waals surface area contributed by atoms with Crippen molar-refractivity contribution >= 4 is 0 Å². The number of aryl methyl sites for hydroxylation is 1. The van der Waals surface area contributed by atoms with Crippen molar-refractivity contribution in [2.45, 2.75) is 89.8 Å². The van der Waals surface area contributed by atoms with Crippen LogP contribution < -0.4 is 5.43 Å². The Kier molecular flexibility index (Phi) is 5.89. The summed E-state index contributed by atoms with van der Waals surface area (Å²) in [4.78, 5) is 0. The lowest BCUT2D eigenvalue weighted by atomic mass is 9.71. The Balaban J connectivity index is 1.43. The van der Waals surface area contributed by atoms with Crippen molar-refractivity contribution in [3.8, 4) is 0 Å². The standard InChI is InChI=1S/C26H36N2/c1-20-8-7-9-23(18-20)25-15-10-21(2)28(27-25)19-22-11-13-24(14-12-22)26(3)16-5-4-6-17-26/h7-9,11-14,18,21,25,27H,4-6,10,15-17,19H2,1-3H3/t21-,25?/m0/s1. The molecule has 28 heavy (non-hydrogen) atoms. The summed E-state index contributed by atoms with van der Waals surface area (Å²) in [7, 11) is 0. The third kappa shape index (κ3) is 4.34. The van der Waals surface area contributed by atoms with E-state index in [-0.39, 0.29) is 0 Å². The third-order valence-electron chi connectivity index (χ3n) is 7.13. The van der Waals surface area contributed by atoms with Gasteiger partial charge in [-0.1, -0.05) is 80.3 Å². The molecule has 4 rings (SSSR count). The minimum absolute atomic E-state index is 0.393. The number of hydrogen-bond donors (Lipinski definition) is 1. The Bertz CT molecular complexity index is 773. The summed E-state index contributed by atoms with van der Waals surface area (Å²) < 4.78 is 0. The van der Waals surface area contributed by atoms with Crippen LogP contribution in [-0.2, 0) is 12.0 Å². The molecule has 150 valence electrons. The van der Waals surface area contributed by atoms with E-state index in [1.54, 1.807) is 0 Å². The largest absolute Gasteiger partial charge is 0.247 e. The number of benzene rings is 2. The van der Waals surface area contributed by atoms with Crippen LogP contribution in [0, 0.1) is 6.92 Å². The zero-order chi connectivity index (χ0) is 19.6. The van der Waals surface area contributed by atoms with E-state index in [1.165, 1.54) is 67.2 Å². The van der Waals surface area contributed by atoms with E-state index in [9.17, 15) is 0 Å². The van der Waals surface area contributed by atoms with Crippen molar-refractivity contribution in [3.05, 3.63) is 70.8 Å². The molecule has 1 N–H and O–H groups in total. The van der Waals surface area contributed by atoms with Crippen molar-refractivity contribution in [1.29, 1.82) is 0 Å². The van der Waals surface area contributed by atoms with Crippen LogP contribution in [0.4, 0.5) is 0 Å². The highest BCUT2D eigenvalue weighted by molar-refractivity contribution is 5.29. The fourth-order valence-electron chi connectivity index (χ4n) is 5.12. The summed E-state index contributed by atoms with van der Waals surface area (Å²) in [6.07, 6.45) is 9.31. The van der Waals surface area contributed by atoms with Crippen LogP contribution in [0.25, 0.3) is 0 Å². The molecule has 2 atom stereocenters. The van der Waals surface area contributed by atoms with Crippen molar-refractivity contribution in [3.63, 3.8) is 0 Å². The zero-order valence-electron chi connectivity index (χ0n) is 17.9. The van der Waals surface area contributed by atoms with Crippen LogP contribution in [0.3, 0.4) is 0 Å². The molecule has 2 fully saturated rings. The predicted molar refractivity (Wildman–Crippen MR) is 118 cm³/mol. The molecule has 2 aromatic carbocycles. The maximum absolute atomic E-state index is 3.81. The molecule has 2 aromatic rings. The van der Waals surface area contributed by atoms with Gasteiger partial charge in [0.2, 0.25) is 0 Å². The lowest BCUT2D eigenvalue weighted by molar-refractivity contribution is 0.0528. The predicted octanol–water partition coefficient (Wildman–Crippen LogP) is 6.45. The summed E-state index contributed by atoms with van der Waals surface area (Å²) in [6.45, 7) is 7.96. The second-order valence-electron chi connectivity index (χ2n) is 9.47. The fourth-order valence-corrected chi connectivity index (χ4v) is 5.12. The molecule has 0 bridgehead atoms. The quantitative estimate of drug-likeness (QED) is 0.660. The van der Waals surface area contributed by atoms with Crippen LogP contribution in [0.2, 0.25) is 0 Å². The normalized spacial score (nSPS) is 25.5. The maximum atomic E-state index is 3.81. The van der Waals surface area contributed by atoms with Crippen LogP contribution in [0.5, 0.6) is 0 Å². The lowest BCUT2D eigenvalue weighted by Crippen LogP contribution is -2.49.